The summed E-state index contributed by atoms with van der Waals surface area (Å²) in [5.41, 5.74) is 1.81. The van der Waals surface area contributed by atoms with E-state index in [4.69, 9.17) is 8.92 Å². The molecular weight excluding hydrogens is 330 g/mol. The molecule has 0 spiro atoms. The van der Waals surface area contributed by atoms with E-state index in [1.165, 1.54) is 12.1 Å². The van der Waals surface area contributed by atoms with Crippen molar-refractivity contribution in [2.45, 2.75) is 17.9 Å². The zero-order chi connectivity index (χ0) is 17.2. The largest absolute Gasteiger partial charge is 0.379 e. The molecule has 0 aromatic heterocycles. The lowest BCUT2D eigenvalue weighted by Gasteiger charge is -2.23. The highest BCUT2D eigenvalue weighted by atomic mass is 32.2. The van der Waals surface area contributed by atoms with Gasteiger partial charge in [-0.05, 0) is 36.8 Å². The highest BCUT2D eigenvalue weighted by Gasteiger charge is 2.21. The molecule has 1 heterocycles. The predicted molar refractivity (Wildman–Crippen MR) is 87.1 cm³/mol. The van der Waals surface area contributed by atoms with Crippen LogP contribution in [0.15, 0.2) is 53.4 Å². The molecule has 0 saturated carbocycles. The maximum absolute atomic E-state index is 12.2. The van der Waals surface area contributed by atoms with Crippen molar-refractivity contribution >= 4 is 16.0 Å². The average molecular weight is 347 g/mol. The van der Waals surface area contributed by atoms with E-state index in [1.54, 1.807) is 36.4 Å². The lowest BCUT2D eigenvalue weighted by molar-refractivity contribution is -0.133. The minimum atomic E-state index is -3.86. The molecule has 1 atom stereocenters. The van der Waals surface area contributed by atoms with E-state index < -0.39 is 10.1 Å². The first-order valence-corrected chi connectivity index (χ1v) is 8.84. The van der Waals surface area contributed by atoms with Crippen molar-refractivity contribution in [3.05, 3.63) is 59.7 Å². The minimum absolute atomic E-state index is 0.0186. The highest BCUT2D eigenvalue weighted by Crippen LogP contribution is 2.24. The molecule has 0 radical (unpaired) electrons. The third-order valence-corrected chi connectivity index (χ3v) is 4.93. The summed E-state index contributed by atoms with van der Waals surface area (Å²) in [5.74, 6) is 0.0783. The van der Waals surface area contributed by atoms with Crippen LogP contribution in [0.2, 0.25) is 0 Å². The lowest BCUT2D eigenvalue weighted by atomic mass is 10.1. The second kappa shape index (κ2) is 6.62. The second-order valence-electron chi connectivity index (χ2n) is 5.52. The number of ether oxygens (including phenoxy) is 1. The third kappa shape index (κ3) is 3.74. The quantitative estimate of drug-likeness (QED) is 0.855. The zero-order valence-electron chi connectivity index (χ0n) is 13.1. The van der Waals surface area contributed by atoms with Gasteiger partial charge in [0.05, 0.1) is 0 Å². The second-order valence-corrected chi connectivity index (χ2v) is 7.07. The number of aryl methyl sites for hydroxylation is 1. The predicted octanol–water partition coefficient (Wildman–Crippen LogP) is 1.95. The van der Waals surface area contributed by atoms with E-state index >= 15 is 0 Å². The van der Waals surface area contributed by atoms with Crippen molar-refractivity contribution in [1.82, 2.24) is 5.32 Å². The van der Waals surface area contributed by atoms with Crippen LogP contribution in [0.25, 0.3) is 0 Å². The SMILES string of the molecule is Cc1ccc(S(=O)(=O)Oc2ccc([C@H]3CNC(=O)CO3)cc2)cc1. The maximum Gasteiger partial charge on any atom is 0.339 e. The van der Waals surface area contributed by atoms with E-state index in [0.29, 0.717) is 6.54 Å². The fraction of sp³-hybridized carbons (Fsp3) is 0.235. The summed E-state index contributed by atoms with van der Waals surface area (Å²) in [6.07, 6.45) is -0.245. The number of hydrogen-bond acceptors (Lipinski definition) is 5. The summed E-state index contributed by atoms with van der Waals surface area (Å²) >= 11 is 0. The fourth-order valence-corrected chi connectivity index (χ4v) is 3.25. The number of morpholine rings is 1. The molecule has 0 unspecified atom stereocenters. The van der Waals surface area contributed by atoms with Crippen molar-refractivity contribution in [2.75, 3.05) is 13.2 Å². The van der Waals surface area contributed by atoms with Crippen molar-refractivity contribution in [1.29, 1.82) is 0 Å². The first kappa shape index (κ1) is 16.5. The topological polar surface area (TPSA) is 81.7 Å². The Kier molecular flexibility index (Phi) is 4.55. The van der Waals surface area contributed by atoms with Gasteiger partial charge in [0.1, 0.15) is 23.4 Å². The van der Waals surface area contributed by atoms with Crippen LogP contribution in [-0.2, 0) is 19.6 Å². The van der Waals surface area contributed by atoms with Gasteiger partial charge in [-0.15, -0.1) is 0 Å². The molecule has 0 aliphatic carbocycles. The Morgan fingerprint density at radius 1 is 1.08 bits per heavy atom. The number of nitrogens with one attached hydrogen (secondary N) is 1. The molecule has 1 saturated heterocycles. The smallest absolute Gasteiger partial charge is 0.339 e. The molecule has 1 aliphatic rings. The van der Waals surface area contributed by atoms with Crippen LogP contribution in [0.1, 0.15) is 17.2 Å². The Morgan fingerprint density at radius 2 is 1.75 bits per heavy atom. The molecule has 1 amide bonds. The molecule has 1 aliphatic heterocycles. The van der Waals surface area contributed by atoms with Crippen molar-refractivity contribution in [3.63, 3.8) is 0 Å². The Morgan fingerprint density at radius 3 is 2.33 bits per heavy atom. The van der Waals surface area contributed by atoms with Gasteiger partial charge < -0.3 is 14.2 Å². The number of benzene rings is 2. The molecular formula is C17H17NO5S. The monoisotopic (exact) mass is 347 g/mol. The highest BCUT2D eigenvalue weighted by molar-refractivity contribution is 7.87. The summed E-state index contributed by atoms with van der Waals surface area (Å²) in [7, 11) is -3.86. The average Bonchev–Trinajstić information content (AvgIpc) is 2.56. The first-order chi connectivity index (χ1) is 11.4. The number of hydrogen-bond donors (Lipinski definition) is 1. The molecule has 6 nitrogen and oxygen atoms in total. The number of amides is 1. The van der Waals surface area contributed by atoms with Gasteiger partial charge in [0.15, 0.2) is 0 Å². The normalized spacial score (nSPS) is 18.0. The van der Waals surface area contributed by atoms with Crippen molar-refractivity contribution in [3.8, 4) is 5.75 Å². The molecule has 0 bridgehead atoms. The van der Waals surface area contributed by atoms with Gasteiger partial charge in [-0.2, -0.15) is 8.42 Å². The molecule has 3 rings (SSSR count). The summed E-state index contributed by atoms with van der Waals surface area (Å²) in [6.45, 7) is 2.29. The summed E-state index contributed by atoms with van der Waals surface area (Å²) in [6, 6.07) is 13.0. The van der Waals surface area contributed by atoms with Gasteiger partial charge in [0.25, 0.3) is 0 Å². The van der Waals surface area contributed by atoms with E-state index in [9.17, 15) is 13.2 Å². The molecule has 2 aromatic carbocycles. The summed E-state index contributed by atoms with van der Waals surface area (Å²) < 4.78 is 35.1. The minimum Gasteiger partial charge on any atom is -0.379 e. The van der Waals surface area contributed by atoms with E-state index in [1.807, 2.05) is 6.92 Å². The Bertz CT molecular complexity index is 818. The number of rotatable bonds is 4. The van der Waals surface area contributed by atoms with Crippen LogP contribution in [0.4, 0.5) is 0 Å². The maximum atomic E-state index is 12.2. The first-order valence-electron chi connectivity index (χ1n) is 7.43. The molecule has 2 aromatic rings. The number of carbonyl (C=O) groups excluding carboxylic acids is 1. The van der Waals surface area contributed by atoms with Gasteiger partial charge in [-0.1, -0.05) is 29.8 Å². The summed E-state index contributed by atoms with van der Waals surface area (Å²) in [4.78, 5) is 11.2. The molecule has 24 heavy (non-hydrogen) atoms. The molecule has 126 valence electrons. The Labute approximate surface area is 140 Å². The van der Waals surface area contributed by atoms with Gasteiger partial charge >= 0.3 is 10.1 Å². The number of carbonyl (C=O) groups is 1. The van der Waals surface area contributed by atoms with Crippen LogP contribution < -0.4 is 9.50 Å². The summed E-state index contributed by atoms with van der Waals surface area (Å²) in [5, 5.41) is 2.72. The van der Waals surface area contributed by atoms with Crippen LogP contribution in [0.3, 0.4) is 0 Å². The Hall–Kier alpha value is -2.38. The fourth-order valence-electron chi connectivity index (χ4n) is 2.32. The standard InChI is InChI=1S/C17H17NO5S/c1-12-2-8-15(9-3-12)24(20,21)23-14-6-4-13(5-7-14)16-10-18-17(19)11-22-16/h2-9,16H,10-11H2,1H3,(H,18,19)/t16-/m1/s1. The lowest BCUT2D eigenvalue weighted by Crippen LogP contribution is -2.38. The Balaban J connectivity index is 1.71. The van der Waals surface area contributed by atoms with Gasteiger partial charge in [-0.3, -0.25) is 4.79 Å². The van der Waals surface area contributed by atoms with Gasteiger partial charge in [-0.25, -0.2) is 0 Å². The molecule has 1 N–H and O–H groups in total. The van der Waals surface area contributed by atoms with E-state index in [2.05, 4.69) is 5.32 Å². The van der Waals surface area contributed by atoms with Crippen molar-refractivity contribution in [2.24, 2.45) is 0 Å². The van der Waals surface area contributed by atoms with Crippen LogP contribution in [0, 0.1) is 6.92 Å². The van der Waals surface area contributed by atoms with Crippen LogP contribution in [0.5, 0.6) is 5.75 Å². The van der Waals surface area contributed by atoms with Crippen molar-refractivity contribution < 1.29 is 22.1 Å². The molecule has 7 heteroatoms. The molecule has 1 fully saturated rings. The third-order valence-electron chi connectivity index (χ3n) is 3.67. The van der Waals surface area contributed by atoms with Crippen LogP contribution in [-0.4, -0.2) is 27.5 Å². The van der Waals surface area contributed by atoms with E-state index in [-0.39, 0.29) is 29.3 Å². The van der Waals surface area contributed by atoms with Crippen LogP contribution >= 0.6 is 0 Å². The van der Waals surface area contributed by atoms with Gasteiger partial charge in [0.2, 0.25) is 5.91 Å². The van der Waals surface area contributed by atoms with Gasteiger partial charge in [0, 0.05) is 6.54 Å². The zero-order valence-corrected chi connectivity index (χ0v) is 13.9. The van der Waals surface area contributed by atoms with E-state index in [0.717, 1.165) is 11.1 Å².